The number of aliphatic hydroxyl groups is 3. The van der Waals surface area contributed by atoms with E-state index in [0.717, 1.165) is 24.3 Å². The van der Waals surface area contributed by atoms with Gasteiger partial charge in [-0.05, 0) is 74.7 Å². The maximum Gasteiger partial charge on any atom is 0.108 e. The van der Waals surface area contributed by atoms with Crippen molar-refractivity contribution in [1.29, 1.82) is 0 Å². The molecular formula is C17H29NO3. The van der Waals surface area contributed by atoms with Crippen LogP contribution in [0.4, 0.5) is 0 Å². The zero-order valence-electron chi connectivity index (χ0n) is 12.8. The second-order valence-corrected chi connectivity index (χ2v) is 8.55. The molecule has 4 nitrogen and oxygen atoms in total. The molecule has 1 heterocycles. The Morgan fingerprint density at radius 1 is 0.810 bits per heavy atom. The third kappa shape index (κ3) is 2.65. The molecule has 0 spiro atoms. The van der Waals surface area contributed by atoms with Gasteiger partial charge in [0.25, 0.3) is 0 Å². The molecule has 4 aliphatic carbocycles. The summed E-state index contributed by atoms with van der Waals surface area (Å²) >= 11 is 0. The van der Waals surface area contributed by atoms with Crippen molar-refractivity contribution >= 4 is 0 Å². The first-order valence-corrected chi connectivity index (χ1v) is 8.79. The quantitative estimate of drug-likeness (QED) is 0.726. The zero-order valence-corrected chi connectivity index (χ0v) is 12.8. The number of piperidine rings is 1. The summed E-state index contributed by atoms with van der Waals surface area (Å²) in [5.41, 5.74) is 0.556. The van der Waals surface area contributed by atoms with E-state index < -0.39 is 18.3 Å². The second-order valence-electron chi connectivity index (χ2n) is 8.55. The van der Waals surface area contributed by atoms with Gasteiger partial charge in [-0.25, -0.2) is 0 Å². The molecule has 0 aromatic heterocycles. The van der Waals surface area contributed by atoms with Crippen molar-refractivity contribution in [2.75, 3.05) is 19.6 Å². The smallest absolute Gasteiger partial charge is 0.108 e. The largest absolute Gasteiger partial charge is 0.389 e. The molecule has 5 fully saturated rings. The lowest BCUT2D eigenvalue weighted by Crippen LogP contribution is -2.56. The number of rotatable bonds is 3. The molecule has 5 rings (SSSR count). The van der Waals surface area contributed by atoms with Crippen molar-refractivity contribution in [2.24, 2.45) is 23.2 Å². The van der Waals surface area contributed by atoms with E-state index in [9.17, 15) is 15.3 Å². The summed E-state index contributed by atoms with van der Waals surface area (Å²) in [6.07, 6.45) is 7.33. The van der Waals surface area contributed by atoms with Gasteiger partial charge in [-0.1, -0.05) is 0 Å². The number of likely N-dealkylation sites (tertiary alicyclic amines) is 1. The van der Waals surface area contributed by atoms with Gasteiger partial charge in [0.1, 0.15) is 6.10 Å². The third-order valence-electron chi connectivity index (χ3n) is 6.80. The van der Waals surface area contributed by atoms with E-state index in [1.807, 2.05) is 0 Å². The summed E-state index contributed by atoms with van der Waals surface area (Å²) in [6, 6.07) is 0. The van der Waals surface area contributed by atoms with Gasteiger partial charge < -0.3 is 15.3 Å². The van der Waals surface area contributed by atoms with Gasteiger partial charge >= 0.3 is 0 Å². The molecule has 0 radical (unpaired) electrons. The maximum absolute atomic E-state index is 9.83. The van der Waals surface area contributed by atoms with Gasteiger partial charge in [0.15, 0.2) is 0 Å². The summed E-state index contributed by atoms with van der Waals surface area (Å²) in [4.78, 5) is 2.15. The molecule has 2 unspecified atom stereocenters. The molecule has 0 aromatic carbocycles. The Bertz CT molecular complexity index is 352. The van der Waals surface area contributed by atoms with Crippen LogP contribution in [0.1, 0.15) is 44.9 Å². The van der Waals surface area contributed by atoms with Crippen molar-refractivity contribution in [3.8, 4) is 0 Å². The Morgan fingerprint density at radius 2 is 1.29 bits per heavy atom. The second kappa shape index (κ2) is 5.19. The Hall–Kier alpha value is -0.160. The summed E-state index contributed by atoms with van der Waals surface area (Å²) in [5.74, 6) is 2.95. The number of aliphatic hydroxyl groups excluding tert-OH is 3. The van der Waals surface area contributed by atoms with Gasteiger partial charge in [0.05, 0.1) is 12.2 Å². The minimum atomic E-state index is -0.971. The van der Waals surface area contributed by atoms with Crippen LogP contribution in [-0.4, -0.2) is 58.2 Å². The minimum Gasteiger partial charge on any atom is -0.389 e. The van der Waals surface area contributed by atoms with Gasteiger partial charge in [-0.3, -0.25) is 4.90 Å². The average molecular weight is 295 g/mol. The highest BCUT2D eigenvalue weighted by molar-refractivity contribution is 5.01. The molecule has 0 aromatic rings. The van der Waals surface area contributed by atoms with Crippen molar-refractivity contribution in [1.82, 2.24) is 4.90 Å². The van der Waals surface area contributed by atoms with Crippen molar-refractivity contribution in [3.63, 3.8) is 0 Å². The van der Waals surface area contributed by atoms with E-state index in [0.29, 0.717) is 18.5 Å². The van der Waals surface area contributed by atoms with E-state index in [1.165, 1.54) is 44.9 Å². The van der Waals surface area contributed by atoms with Gasteiger partial charge in [-0.15, -0.1) is 0 Å². The topological polar surface area (TPSA) is 63.9 Å². The van der Waals surface area contributed by atoms with Crippen molar-refractivity contribution < 1.29 is 15.3 Å². The fraction of sp³-hybridized carbons (Fsp3) is 1.00. The maximum atomic E-state index is 9.83. The number of β-amino-alcohol motifs (C(OH)–C–C–N with tert-alkyl or cyclic N) is 2. The third-order valence-corrected chi connectivity index (χ3v) is 6.80. The van der Waals surface area contributed by atoms with Crippen LogP contribution in [0.3, 0.4) is 0 Å². The van der Waals surface area contributed by atoms with E-state index in [4.69, 9.17) is 0 Å². The lowest BCUT2D eigenvalue weighted by molar-refractivity contribution is -0.115. The van der Waals surface area contributed by atoms with Crippen LogP contribution in [0.2, 0.25) is 0 Å². The average Bonchev–Trinajstić information content (AvgIpc) is 2.41. The normalized spacial score (nSPS) is 53.3. The van der Waals surface area contributed by atoms with E-state index in [1.54, 1.807) is 0 Å². The first-order chi connectivity index (χ1) is 10.0. The lowest BCUT2D eigenvalue weighted by Gasteiger charge is -2.57. The molecule has 4 bridgehead atoms. The summed E-state index contributed by atoms with van der Waals surface area (Å²) in [6.45, 7) is 1.97. The molecule has 1 aliphatic heterocycles. The number of hydrogen-bond acceptors (Lipinski definition) is 4. The van der Waals surface area contributed by atoms with Crippen LogP contribution >= 0.6 is 0 Å². The van der Waals surface area contributed by atoms with Crippen molar-refractivity contribution in [3.05, 3.63) is 0 Å². The van der Waals surface area contributed by atoms with Crippen LogP contribution in [0.25, 0.3) is 0 Å². The van der Waals surface area contributed by atoms with Gasteiger partial charge in [0.2, 0.25) is 0 Å². The van der Waals surface area contributed by atoms with Crippen LogP contribution in [-0.2, 0) is 0 Å². The Labute approximate surface area is 127 Å². The monoisotopic (exact) mass is 295 g/mol. The SMILES string of the molecule is OC1CN(CCC23CC4CC(CC(C4)C2)C3)CC(O)C1O. The minimum absolute atomic E-state index is 0.505. The number of hydrogen-bond donors (Lipinski definition) is 3. The Balaban J connectivity index is 1.37. The molecule has 4 saturated carbocycles. The molecule has 3 N–H and O–H groups in total. The molecule has 1 saturated heterocycles. The highest BCUT2D eigenvalue weighted by atomic mass is 16.4. The molecule has 120 valence electrons. The predicted octanol–water partition coefficient (Wildman–Crippen LogP) is 0.991. The summed E-state index contributed by atoms with van der Waals surface area (Å²) < 4.78 is 0. The van der Waals surface area contributed by atoms with Gasteiger partial charge in [-0.2, -0.15) is 0 Å². The standard InChI is InChI=1S/C17H29NO3/c19-14-9-18(10-15(20)16(14)21)2-1-17-6-11-3-12(7-17)5-13(4-11)8-17/h11-16,19-21H,1-10H2. The molecule has 2 atom stereocenters. The van der Waals surface area contributed by atoms with Crippen LogP contribution in [0.5, 0.6) is 0 Å². The first-order valence-electron chi connectivity index (χ1n) is 8.79. The van der Waals surface area contributed by atoms with E-state index in [-0.39, 0.29) is 0 Å². The first kappa shape index (κ1) is 14.4. The van der Waals surface area contributed by atoms with Crippen LogP contribution in [0.15, 0.2) is 0 Å². The Kier molecular flexibility index (Phi) is 3.57. The molecule has 5 aliphatic rings. The highest BCUT2D eigenvalue weighted by Gasteiger charge is 2.50. The highest BCUT2D eigenvalue weighted by Crippen LogP contribution is 2.61. The predicted molar refractivity (Wildman–Crippen MR) is 79.7 cm³/mol. The fourth-order valence-electron chi connectivity index (χ4n) is 6.25. The van der Waals surface area contributed by atoms with E-state index >= 15 is 0 Å². The van der Waals surface area contributed by atoms with Gasteiger partial charge in [0, 0.05) is 13.1 Å². The molecule has 4 heteroatoms. The molecule has 0 amide bonds. The fourth-order valence-corrected chi connectivity index (χ4v) is 6.25. The number of nitrogens with zero attached hydrogens (tertiary/aromatic N) is 1. The lowest BCUT2D eigenvalue weighted by atomic mass is 9.49. The van der Waals surface area contributed by atoms with Crippen LogP contribution < -0.4 is 0 Å². The summed E-state index contributed by atoms with van der Waals surface area (Å²) in [5, 5.41) is 29.3. The van der Waals surface area contributed by atoms with Crippen LogP contribution in [0, 0.1) is 23.2 Å². The van der Waals surface area contributed by atoms with E-state index in [2.05, 4.69) is 4.90 Å². The van der Waals surface area contributed by atoms with Crippen molar-refractivity contribution in [2.45, 2.75) is 63.3 Å². The Morgan fingerprint density at radius 3 is 1.76 bits per heavy atom. The summed E-state index contributed by atoms with van der Waals surface area (Å²) in [7, 11) is 0. The molecule has 21 heavy (non-hydrogen) atoms. The zero-order chi connectivity index (χ0) is 14.6. The molecular weight excluding hydrogens is 266 g/mol.